The molecule has 1 atom stereocenters. The lowest BCUT2D eigenvalue weighted by Crippen LogP contribution is -2.44. The highest BCUT2D eigenvalue weighted by Crippen LogP contribution is 1.84. The van der Waals surface area contributed by atoms with Crippen LogP contribution in [0.1, 0.15) is 13.3 Å². The maximum absolute atomic E-state index is 11.2. The van der Waals surface area contributed by atoms with E-state index >= 15 is 0 Å². The molecule has 2 amide bonds. The Kier molecular flexibility index (Phi) is 7.57. The highest BCUT2D eigenvalue weighted by atomic mass is 16.5. The summed E-state index contributed by atoms with van der Waals surface area (Å²) >= 11 is 0. The van der Waals surface area contributed by atoms with Crippen LogP contribution in [-0.4, -0.2) is 44.7 Å². The third-order valence-corrected chi connectivity index (χ3v) is 1.83. The van der Waals surface area contributed by atoms with Crippen molar-refractivity contribution < 1.29 is 14.3 Å². The molecule has 0 bridgehead atoms. The molecular formula is C9H19N3O3. The van der Waals surface area contributed by atoms with Gasteiger partial charge in [0, 0.05) is 13.7 Å². The summed E-state index contributed by atoms with van der Waals surface area (Å²) in [6.07, 6.45) is 0.553. The molecule has 0 saturated carbocycles. The lowest BCUT2D eigenvalue weighted by Gasteiger charge is -2.09. The second-order valence-electron chi connectivity index (χ2n) is 3.08. The minimum absolute atomic E-state index is 0.0454. The van der Waals surface area contributed by atoms with E-state index in [-0.39, 0.29) is 18.4 Å². The molecular weight excluding hydrogens is 198 g/mol. The highest BCUT2D eigenvalue weighted by Gasteiger charge is 2.11. The molecule has 4 N–H and O–H groups in total. The van der Waals surface area contributed by atoms with Gasteiger partial charge in [0.25, 0.3) is 0 Å². The average Bonchev–Trinajstić information content (AvgIpc) is 2.25. The molecule has 0 aromatic heterocycles. The maximum Gasteiger partial charge on any atom is 0.239 e. The Balaban J connectivity index is 3.57. The van der Waals surface area contributed by atoms with Crippen molar-refractivity contribution in [2.45, 2.75) is 19.4 Å². The Morgan fingerprint density at radius 2 is 2.07 bits per heavy atom. The number of nitrogens with two attached hydrogens (primary N) is 1. The van der Waals surface area contributed by atoms with Crippen LogP contribution in [0, 0.1) is 0 Å². The van der Waals surface area contributed by atoms with E-state index < -0.39 is 6.04 Å². The second-order valence-corrected chi connectivity index (χ2v) is 3.08. The van der Waals surface area contributed by atoms with E-state index in [1.165, 1.54) is 0 Å². The zero-order valence-electron chi connectivity index (χ0n) is 9.21. The van der Waals surface area contributed by atoms with Crippen molar-refractivity contribution in [3.05, 3.63) is 0 Å². The van der Waals surface area contributed by atoms with Crippen LogP contribution in [0.3, 0.4) is 0 Å². The minimum atomic E-state index is -0.545. The van der Waals surface area contributed by atoms with E-state index in [1.54, 1.807) is 7.11 Å². The molecule has 6 nitrogen and oxygen atoms in total. The van der Waals surface area contributed by atoms with Crippen LogP contribution in [0.15, 0.2) is 0 Å². The first-order valence-electron chi connectivity index (χ1n) is 4.90. The van der Waals surface area contributed by atoms with Crippen LogP contribution in [-0.2, 0) is 14.3 Å². The number of hydrogen-bond acceptors (Lipinski definition) is 4. The van der Waals surface area contributed by atoms with Crippen LogP contribution < -0.4 is 16.4 Å². The molecule has 0 aliphatic heterocycles. The second kappa shape index (κ2) is 8.19. The Morgan fingerprint density at radius 3 is 2.60 bits per heavy atom. The Morgan fingerprint density at radius 1 is 1.40 bits per heavy atom. The van der Waals surface area contributed by atoms with Gasteiger partial charge in [-0.25, -0.2) is 0 Å². The first kappa shape index (κ1) is 13.9. The van der Waals surface area contributed by atoms with Crippen molar-refractivity contribution in [2.24, 2.45) is 5.73 Å². The van der Waals surface area contributed by atoms with Gasteiger partial charge in [0.15, 0.2) is 0 Å². The maximum atomic E-state index is 11.2. The first-order valence-corrected chi connectivity index (χ1v) is 4.90. The van der Waals surface area contributed by atoms with E-state index in [1.807, 2.05) is 6.92 Å². The third-order valence-electron chi connectivity index (χ3n) is 1.83. The number of hydrogen-bond donors (Lipinski definition) is 3. The van der Waals surface area contributed by atoms with Gasteiger partial charge in [0.2, 0.25) is 11.8 Å². The van der Waals surface area contributed by atoms with Gasteiger partial charge in [-0.2, -0.15) is 0 Å². The first-order chi connectivity index (χ1) is 7.11. The summed E-state index contributed by atoms with van der Waals surface area (Å²) in [5.74, 6) is -0.553. The van der Waals surface area contributed by atoms with Gasteiger partial charge in [-0.15, -0.1) is 0 Å². The molecule has 0 heterocycles. The summed E-state index contributed by atoms with van der Waals surface area (Å²) in [5, 5.41) is 5.02. The van der Waals surface area contributed by atoms with Crippen molar-refractivity contribution in [1.82, 2.24) is 10.6 Å². The van der Waals surface area contributed by atoms with Crippen LogP contribution in [0.4, 0.5) is 0 Å². The van der Waals surface area contributed by atoms with Crippen molar-refractivity contribution in [3.8, 4) is 0 Å². The Hall–Kier alpha value is -1.14. The SMILES string of the molecule is CC[C@H](N)C(=O)NCC(=O)NCCOC. The van der Waals surface area contributed by atoms with Crippen molar-refractivity contribution in [2.75, 3.05) is 26.8 Å². The zero-order valence-corrected chi connectivity index (χ0v) is 9.21. The van der Waals surface area contributed by atoms with E-state index in [4.69, 9.17) is 10.5 Å². The van der Waals surface area contributed by atoms with Gasteiger partial charge in [0.1, 0.15) is 0 Å². The molecule has 6 heteroatoms. The summed E-state index contributed by atoms with van der Waals surface area (Å²) in [6, 6.07) is -0.545. The number of carbonyl (C=O) groups excluding carboxylic acids is 2. The molecule has 0 saturated heterocycles. The number of amides is 2. The normalized spacial score (nSPS) is 11.9. The molecule has 0 spiro atoms. The van der Waals surface area contributed by atoms with Crippen molar-refractivity contribution >= 4 is 11.8 Å². The number of nitrogens with one attached hydrogen (secondary N) is 2. The molecule has 15 heavy (non-hydrogen) atoms. The summed E-state index contributed by atoms with van der Waals surface area (Å²) in [4.78, 5) is 22.3. The van der Waals surface area contributed by atoms with E-state index in [2.05, 4.69) is 10.6 Å². The van der Waals surface area contributed by atoms with E-state index in [9.17, 15) is 9.59 Å². The van der Waals surface area contributed by atoms with Crippen molar-refractivity contribution in [3.63, 3.8) is 0 Å². The summed E-state index contributed by atoms with van der Waals surface area (Å²) in [5.41, 5.74) is 5.46. The summed E-state index contributed by atoms with van der Waals surface area (Å²) in [7, 11) is 1.55. The predicted octanol–water partition coefficient (Wildman–Crippen LogP) is -1.40. The standard InChI is InChI=1S/C9H19N3O3/c1-3-7(10)9(14)12-6-8(13)11-4-5-15-2/h7H,3-6,10H2,1-2H3,(H,11,13)(H,12,14)/t7-/m0/s1. The average molecular weight is 217 g/mol. The van der Waals surface area contributed by atoms with Crippen LogP contribution >= 0.6 is 0 Å². The number of methoxy groups -OCH3 is 1. The Labute approximate surface area is 89.5 Å². The van der Waals surface area contributed by atoms with Gasteiger partial charge in [-0.3, -0.25) is 9.59 Å². The highest BCUT2D eigenvalue weighted by molar-refractivity contribution is 5.87. The third kappa shape index (κ3) is 6.87. The quantitative estimate of drug-likeness (QED) is 0.457. The molecule has 0 aromatic rings. The zero-order chi connectivity index (χ0) is 11.7. The van der Waals surface area contributed by atoms with Gasteiger partial charge in [0.05, 0.1) is 19.2 Å². The number of ether oxygens (including phenoxy) is 1. The summed E-state index contributed by atoms with van der Waals surface area (Å²) in [6.45, 7) is 2.65. The van der Waals surface area contributed by atoms with Crippen LogP contribution in [0.25, 0.3) is 0 Å². The number of carbonyl (C=O) groups is 2. The molecule has 0 unspecified atom stereocenters. The molecule has 88 valence electrons. The molecule has 0 aliphatic rings. The smallest absolute Gasteiger partial charge is 0.239 e. The molecule has 0 rings (SSSR count). The summed E-state index contributed by atoms with van der Waals surface area (Å²) < 4.78 is 4.75. The lowest BCUT2D eigenvalue weighted by molar-refractivity contribution is -0.126. The van der Waals surface area contributed by atoms with E-state index in [0.29, 0.717) is 19.6 Å². The Bertz CT molecular complexity index is 209. The molecule has 0 aromatic carbocycles. The van der Waals surface area contributed by atoms with Gasteiger partial charge in [-0.05, 0) is 6.42 Å². The molecule has 0 aliphatic carbocycles. The van der Waals surface area contributed by atoms with Crippen molar-refractivity contribution in [1.29, 1.82) is 0 Å². The van der Waals surface area contributed by atoms with Crippen LogP contribution in [0.5, 0.6) is 0 Å². The monoisotopic (exact) mass is 217 g/mol. The molecule has 0 radical (unpaired) electrons. The van der Waals surface area contributed by atoms with Gasteiger partial charge < -0.3 is 21.1 Å². The van der Waals surface area contributed by atoms with Gasteiger partial charge in [-0.1, -0.05) is 6.92 Å². The van der Waals surface area contributed by atoms with Gasteiger partial charge >= 0.3 is 0 Å². The lowest BCUT2D eigenvalue weighted by atomic mass is 10.2. The fraction of sp³-hybridized carbons (Fsp3) is 0.778. The molecule has 0 fully saturated rings. The fourth-order valence-electron chi connectivity index (χ4n) is 0.839. The number of rotatable bonds is 7. The predicted molar refractivity (Wildman–Crippen MR) is 56.2 cm³/mol. The fourth-order valence-corrected chi connectivity index (χ4v) is 0.839. The largest absolute Gasteiger partial charge is 0.383 e. The van der Waals surface area contributed by atoms with E-state index in [0.717, 1.165) is 0 Å². The minimum Gasteiger partial charge on any atom is -0.383 e. The topological polar surface area (TPSA) is 93.5 Å². The van der Waals surface area contributed by atoms with Crippen LogP contribution in [0.2, 0.25) is 0 Å².